The van der Waals surface area contributed by atoms with Crippen LogP contribution in [0.5, 0.6) is 5.88 Å². The fourth-order valence-electron chi connectivity index (χ4n) is 4.05. The highest BCUT2D eigenvalue weighted by molar-refractivity contribution is 6.51. The summed E-state index contributed by atoms with van der Waals surface area (Å²) in [5.74, 6) is -0.720. The number of anilines is 2. The van der Waals surface area contributed by atoms with Gasteiger partial charge < -0.3 is 26.0 Å². The lowest BCUT2D eigenvalue weighted by atomic mass is 9.97. The zero-order valence-corrected chi connectivity index (χ0v) is 18.9. The van der Waals surface area contributed by atoms with Crippen LogP contribution in [-0.4, -0.2) is 48.6 Å². The molecule has 2 fully saturated rings. The van der Waals surface area contributed by atoms with Crippen molar-refractivity contribution < 1.29 is 19.1 Å². The number of nitrogens with two attached hydrogens (primary N) is 2. The standard InChI is InChI=1S/C24H26N6O4/c1-34-19-10-5-15(14-27-19)28-22-18(21(25)23(26)32)11-13-30(24(22)33)17-8-6-16(7-9-17)29-12-3-2-4-20(29)31/h5-10,14H,2-4,11-13,25H2,1H3,(H2,26,32). The molecule has 10 heteroatoms. The first-order valence-electron chi connectivity index (χ1n) is 11.0. The van der Waals surface area contributed by atoms with E-state index in [-0.39, 0.29) is 17.3 Å². The topological polar surface area (TPSA) is 144 Å². The quantitative estimate of drug-likeness (QED) is 0.649. The number of carbonyl (C=O) groups is 3. The van der Waals surface area contributed by atoms with Gasteiger partial charge in [0.05, 0.1) is 19.0 Å². The molecule has 10 nitrogen and oxygen atoms in total. The van der Waals surface area contributed by atoms with Gasteiger partial charge in [0.15, 0.2) is 0 Å². The molecule has 0 radical (unpaired) electrons. The Hall–Kier alpha value is -4.21. The Labute approximate surface area is 196 Å². The molecule has 0 unspecified atom stereocenters. The summed E-state index contributed by atoms with van der Waals surface area (Å²) in [6, 6.07) is 10.5. The molecular weight excluding hydrogens is 436 g/mol. The summed E-state index contributed by atoms with van der Waals surface area (Å²) in [4.78, 5) is 49.3. The molecule has 34 heavy (non-hydrogen) atoms. The third-order valence-electron chi connectivity index (χ3n) is 5.88. The lowest BCUT2D eigenvalue weighted by Crippen LogP contribution is -2.44. The third-order valence-corrected chi connectivity index (χ3v) is 5.88. The summed E-state index contributed by atoms with van der Waals surface area (Å²) in [5.41, 5.74) is 13.3. The van der Waals surface area contributed by atoms with Gasteiger partial charge in [-0.25, -0.2) is 9.98 Å². The number of benzene rings is 1. The molecule has 0 saturated carbocycles. The number of amides is 3. The third kappa shape index (κ3) is 4.61. The molecule has 3 amide bonds. The minimum Gasteiger partial charge on any atom is -0.481 e. The lowest BCUT2D eigenvalue weighted by molar-refractivity contribution is -0.119. The van der Waals surface area contributed by atoms with Crippen LogP contribution in [0, 0.1) is 0 Å². The fraction of sp³-hybridized carbons (Fsp3) is 0.292. The van der Waals surface area contributed by atoms with Gasteiger partial charge in [0.2, 0.25) is 11.8 Å². The maximum absolute atomic E-state index is 13.5. The zero-order valence-electron chi connectivity index (χ0n) is 18.9. The van der Waals surface area contributed by atoms with E-state index in [4.69, 9.17) is 16.2 Å². The SMILES string of the molecule is COc1ccc(N=C2C(=O)N(c3ccc(N4CCCCC4=O)cc3)CCC2=C(N)C(N)=O)cn1. The number of aliphatic imine (C=N–C) groups is 1. The minimum absolute atomic E-state index is 0.0322. The largest absolute Gasteiger partial charge is 0.481 e. The van der Waals surface area contributed by atoms with E-state index < -0.39 is 11.8 Å². The Morgan fingerprint density at radius 1 is 0.971 bits per heavy atom. The predicted molar refractivity (Wildman–Crippen MR) is 128 cm³/mol. The van der Waals surface area contributed by atoms with Crippen molar-refractivity contribution in [1.82, 2.24) is 4.98 Å². The van der Waals surface area contributed by atoms with E-state index in [0.717, 1.165) is 18.5 Å². The normalized spacial score (nSPS) is 19.4. The van der Waals surface area contributed by atoms with Crippen molar-refractivity contribution >= 4 is 40.5 Å². The highest BCUT2D eigenvalue weighted by Gasteiger charge is 2.32. The summed E-state index contributed by atoms with van der Waals surface area (Å²) in [6.07, 6.45) is 4.18. The molecule has 3 heterocycles. The number of carbonyl (C=O) groups excluding carboxylic acids is 3. The van der Waals surface area contributed by atoms with E-state index in [1.54, 1.807) is 34.1 Å². The summed E-state index contributed by atoms with van der Waals surface area (Å²) < 4.78 is 5.06. The van der Waals surface area contributed by atoms with Crippen molar-refractivity contribution in [2.75, 3.05) is 30.0 Å². The van der Waals surface area contributed by atoms with Gasteiger partial charge in [-0.2, -0.15) is 0 Å². The second-order valence-electron chi connectivity index (χ2n) is 8.00. The second kappa shape index (κ2) is 9.74. The number of rotatable bonds is 5. The van der Waals surface area contributed by atoms with E-state index in [0.29, 0.717) is 48.8 Å². The molecule has 0 spiro atoms. The Morgan fingerprint density at radius 3 is 2.26 bits per heavy atom. The fourth-order valence-corrected chi connectivity index (χ4v) is 4.05. The monoisotopic (exact) mass is 462 g/mol. The Bertz CT molecular complexity index is 1170. The summed E-state index contributed by atoms with van der Waals surface area (Å²) in [5, 5.41) is 0. The van der Waals surface area contributed by atoms with Crippen molar-refractivity contribution in [1.29, 1.82) is 0 Å². The number of primary amides is 1. The number of hydrogen-bond acceptors (Lipinski definition) is 7. The van der Waals surface area contributed by atoms with Gasteiger partial charge in [0.25, 0.3) is 11.8 Å². The van der Waals surface area contributed by atoms with E-state index in [1.807, 2.05) is 12.1 Å². The lowest BCUT2D eigenvalue weighted by Gasteiger charge is -2.31. The van der Waals surface area contributed by atoms with E-state index in [9.17, 15) is 14.4 Å². The van der Waals surface area contributed by atoms with Crippen LogP contribution in [0.25, 0.3) is 0 Å². The Kier molecular flexibility index (Phi) is 6.58. The van der Waals surface area contributed by atoms with Crippen LogP contribution in [0.15, 0.2) is 58.9 Å². The van der Waals surface area contributed by atoms with Gasteiger partial charge in [-0.05, 0) is 49.6 Å². The molecule has 2 aliphatic heterocycles. The smallest absolute Gasteiger partial charge is 0.277 e. The molecule has 2 saturated heterocycles. The van der Waals surface area contributed by atoms with Crippen molar-refractivity contribution in [2.24, 2.45) is 16.5 Å². The number of methoxy groups -OCH3 is 1. The highest BCUT2D eigenvalue weighted by atomic mass is 16.5. The van der Waals surface area contributed by atoms with E-state index in [2.05, 4.69) is 9.98 Å². The number of ether oxygens (including phenoxy) is 1. The van der Waals surface area contributed by atoms with Gasteiger partial charge in [-0.3, -0.25) is 14.4 Å². The minimum atomic E-state index is -0.813. The molecular formula is C24H26N6O4. The maximum atomic E-state index is 13.5. The first-order valence-corrected chi connectivity index (χ1v) is 11.0. The van der Waals surface area contributed by atoms with Crippen LogP contribution in [0.3, 0.4) is 0 Å². The average Bonchev–Trinajstić information content (AvgIpc) is 2.85. The Morgan fingerprint density at radius 2 is 1.68 bits per heavy atom. The zero-order chi connectivity index (χ0) is 24.2. The van der Waals surface area contributed by atoms with Gasteiger partial charge in [0.1, 0.15) is 11.4 Å². The molecule has 2 aliphatic rings. The molecule has 0 atom stereocenters. The molecule has 4 rings (SSSR count). The van der Waals surface area contributed by atoms with Crippen LogP contribution >= 0.6 is 0 Å². The van der Waals surface area contributed by atoms with Gasteiger partial charge in [-0.15, -0.1) is 0 Å². The number of pyridine rings is 1. The number of piperidine rings is 2. The van der Waals surface area contributed by atoms with Gasteiger partial charge in [0, 0.05) is 42.5 Å². The van der Waals surface area contributed by atoms with Gasteiger partial charge in [-0.1, -0.05) is 0 Å². The average molecular weight is 463 g/mol. The molecule has 2 aromatic rings. The maximum Gasteiger partial charge on any atom is 0.277 e. The van der Waals surface area contributed by atoms with Crippen LogP contribution in [0.2, 0.25) is 0 Å². The predicted octanol–water partition coefficient (Wildman–Crippen LogP) is 1.81. The van der Waals surface area contributed by atoms with E-state index in [1.165, 1.54) is 13.3 Å². The van der Waals surface area contributed by atoms with E-state index >= 15 is 0 Å². The number of hydrogen-bond donors (Lipinski definition) is 2. The van der Waals surface area contributed by atoms with Crippen LogP contribution in [-0.2, 0) is 14.4 Å². The molecule has 1 aromatic heterocycles. The summed E-state index contributed by atoms with van der Waals surface area (Å²) in [7, 11) is 1.50. The summed E-state index contributed by atoms with van der Waals surface area (Å²) >= 11 is 0. The summed E-state index contributed by atoms with van der Waals surface area (Å²) in [6.45, 7) is 0.984. The molecule has 176 valence electrons. The van der Waals surface area contributed by atoms with Crippen molar-refractivity contribution in [2.45, 2.75) is 25.7 Å². The number of nitrogens with zero attached hydrogens (tertiary/aromatic N) is 4. The first-order chi connectivity index (χ1) is 16.4. The molecule has 4 N–H and O–H groups in total. The Balaban J connectivity index is 1.66. The van der Waals surface area contributed by atoms with Crippen molar-refractivity contribution in [3.8, 4) is 5.88 Å². The van der Waals surface area contributed by atoms with Gasteiger partial charge >= 0.3 is 0 Å². The first kappa shape index (κ1) is 23.0. The number of aromatic nitrogens is 1. The highest BCUT2D eigenvalue weighted by Crippen LogP contribution is 2.29. The molecule has 1 aromatic carbocycles. The van der Waals surface area contributed by atoms with Crippen molar-refractivity contribution in [3.63, 3.8) is 0 Å². The van der Waals surface area contributed by atoms with Crippen LogP contribution in [0.1, 0.15) is 25.7 Å². The second-order valence-corrected chi connectivity index (χ2v) is 8.00. The van der Waals surface area contributed by atoms with Crippen molar-refractivity contribution in [3.05, 3.63) is 53.9 Å². The van der Waals surface area contributed by atoms with Crippen LogP contribution < -0.4 is 26.0 Å². The molecule has 0 aliphatic carbocycles. The molecule has 0 bridgehead atoms. The van der Waals surface area contributed by atoms with Crippen LogP contribution in [0.4, 0.5) is 17.1 Å².